The van der Waals surface area contributed by atoms with Crippen molar-refractivity contribution in [2.45, 2.75) is 26.3 Å². The number of hydrogen-bond acceptors (Lipinski definition) is 6. The molecule has 204 valence electrons. The van der Waals surface area contributed by atoms with E-state index in [0.29, 0.717) is 61.2 Å². The number of amides is 2. The van der Waals surface area contributed by atoms with Crippen LogP contribution in [0.5, 0.6) is 11.5 Å². The minimum absolute atomic E-state index is 0.0263. The van der Waals surface area contributed by atoms with E-state index >= 15 is 0 Å². The number of halogens is 1. The fourth-order valence-corrected chi connectivity index (χ4v) is 5.07. The normalized spacial score (nSPS) is 10.8. The van der Waals surface area contributed by atoms with E-state index in [1.807, 2.05) is 35.4 Å². The van der Waals surface area contributed by atoms with Crippen molar-refractivity contribution in [3.63, 3.8) is 0 Å². The van der Waals surface area contributed by atoms with Gasteiger partial charge in [-0.2, -0.15) is 0 Å². The van der Waals surface area contributed by atoms with Crippen LogP contribution in [-0.2, 0) is 22.5 Å². The fourth-order valence-electron chi connectivity index (χ4n) is 4.02. The molecule has 0 aliphatic rings. The highest BCUT2D eigenvalue weighted by Crippen LogP contribution is 2.28. The monoisotopic (exact) mass is 558 g/mol. The van der Waals surface area contributed by atoms with Crippen molar-refractivity contribution in [1.29, 1.82) is 0 Å². The van der Waals surface area contributed by atoms with E-state index in [2.05, 4.69) is 6.07 Å². The van der Waals surface area contributed by atoms with Crippen molar-refractivity contribution < 1.29 is 23.8 Å². The van der Waals surface area contributed by atoms with Gasteiger partial charge in [0.05, 0.1) is 20.8 Å². The van der Waals surface area contributed by atoms with Crippen LogP contribution in [0.25, 0.3) is 0 Å². The first-order valence-corrected chi connectivity index (χ1v) is 13.7. The Kier molecular flexibility index (Phi) is 11.5. The highest BCUT2D eigenvalue weighted by Gasteiger charge is 2.23. The van der Waals surface area contributed by atoms with Crippen LogP contribution in [0.4, 0.5) is 0 Å². The fraction of sp³-hybridized carbons (Fsp3) is 0.379. The SMILES string of the molecule is COCCCN(CC(=O)N(CCc1ccc(OC)c(OC)c1)Cc1sccc1C)C(=O)c1ccc(Cl)cc1. The standard InChI is InChI=1S/C29H35ClN2O5S/c1-21-13-17-38-27(21)19-31(15-12-22-6-11-25(36-3)26(18-22)37-4)28(33)20-32(14-5-16-35-2)29(34)23-7-9-24(30)10-8-23/h6-11,13,17-18H,5,12,14-16,19-20H2,1-4H3. The van der Waals surface area contributed by atoms with Crippen molar-refractivity contribution in [3.05, 3.63) is 80.5 Å². The van der Waals surface area contributed by atoms with E-state index < -0.39 is 0 Å². The van der Waals surface area contributed by atoms with E-state index in [-0.39, 0.29) is 18.4 Å². The smallest absolute Gasteiger partial charge is 0.254 e. The van der Waals surface area contributed by atoms with E-state index in [9.17, 15) is 9.59 Å². The molecule has 0 saturated carbocycles. The molecule has 3 aromatic rings. The van der Waals surface area contributed by atoms with Crippen LogP contribution in [0.15, 0.2) is 53.9 Å². The zero-order chi connectivity index (χ0) is 27.5. The molecule has 0 spiro atoms. The molecule has 3 rings (SSSR count). The summed E-state index contributed by atoms with van der Waals surface area (Å²) in [4.78, 5) is 31.6. The Bertz CT molecular complexity index is 1200. The third-order valence-corrected chi connectivity index (χ3v) is 7.51. The first-order valence-electron chi connectivity index (χ1n) is 12.4. The van der Waals surface area contributed by atoms with Gasteiger partial charge >= 0.3 is 0 Å². The highest BCUT2D eigenvalue weighted by molar-refractivity contribution is 7.10. The van der Waals surface area contributed by atoms with Crippen LogP contribution in [0.1, 0.15) is 32.8 Å². The summed E-state index contributed by atoms with van der Waals surface area (Å²) < 4.78 is 16.0. The van der Waals surface area contributed by atoms with Gasteiger partial charge in [0.1, 0.15) is 6.54 Å². The van der Waals surface area contributed by atoms with Gasteiger partial charge in [0.25, 0.3) is 5.91 Å². The second kappa shape index (κ2) is 14.8. The van der Waals surface area contributed by atoms with E-state index in [4.69, 9.17) is 25.8 Å². The van der Waals surface area contributed by atoms with Crippen molar-refractivity contribution in [2.24, 2.45) is 0 Å². The third kappa shape index (κ3) is 8.21. The Hall–Kier alpha value is -3.07. The van der Waals surface area contributed by atoms with Gasteiger partial charge in [0.2, 0.25) is 5.91 Å². The molecule has 0 radical (unpaired) electrons. The molecule has 0 N–H and O–H groups in total. The average molecular weight is 559 g/mol. The molecule has 0 saturated heterocycles. The average Bonchev–Trinajstić information content (AvgIpc) is 3.34. The second-order valence-electron chi connectivity index (χ2n) is 8.86. The van der Waals surface area contributed by atoms with Gasteiger partial charge in [-0.1, -0.05) is 17.7 Å². The molecule has 0 fully saturated rings. The molecular formula is C29H35ClN2O5S. The lowest BCUT2D eigenvalue weighted by Gasteiger charge is -2.28. The molecule has 1 aromatic heterocycles. The van der Waals surface area contributed by atoms with Crippen molar-refractivity contribution in [2.75, 3.05) is 47.6 Å². The first-order chi connectivity index (χ1) is 18.4. The van der Waals surface area contributed by atoms with E-state index in [1.54, 1.807) is 61.8 Å². The minimum atomic E-state index is -0.210. The number of carbonyl (C=O) groups is 2. The summed E-state index contributed by atoms with van der Waals surface area (Å²) in [5.74, 6) is 0.983. The van der Waals surface area contributed by atoms with E-state index in [1.165, 1.54) is 0 Å². The molecule has 0 bridgehead atoms. The lowest BCUT2D eigenvalue weighted by molar-refractivity contribution is -0.132. The third-order valence-electron chi connectivity index (χ3n) is 6.25. The lowest BCUT2D eigenvalue weighted by Crippen LogP contribution is -2.44. The molecule has 0 unspecified atom stereocenters. The Morgan fingerprint density at radius 1 is 0.921 bits per heavy atom. The summed E-state index contributed by atoms with van der Waals surface area (Å²) in [7, 11) is 4.83. The summed E-state index contributed by atoms with van der Waals surface area (Å²) in [6, 6.07) is 14.5. The molecule has 0 aliphatic carbocycles. The van der Waals surface area contributed by atoms with E-state index in [0.717, 1.165) is 16.0 Å². The lowest BCUT2D eigenvalue weighted by atomic mass is 10.1. The quantitative estimate of drug-likeness (QED) is 0.245. The number of benzene rings is 2. The topological polar surface area (TPSA) is 68.3 Å². The van der Waals surface area contributed by atoms with Gasteiger partial charge in [0, 0.05) is 42.3 Å². The molecule has 2 amide bonds. The van der Waals surface area contributed by atoms with Gasteiger partial charge in [-0.3, -0.25) is 9.59 Å². The predicted molar refractivity (Wildman–Crippen MR) is 152 cm³/mol. The van der Waals surface area contributed by atoms with Crippen LogP contribution < -0.4 is 9.47 Å². The summed E-state index contributed by atoms with van der Waals surface area (Å²) in [5.41, 5.74) is 2.66. The maximum Gasteiger partial charge on any atom is 0.254 e. The van der Waals surface area contributed by atoms with Gasteiger partial charge in [0.15, 0.2) is 11.5 Å². The summed E-state index contributed by atoms with van der Waals surface area (Å²) >= 11 is 7.64. The van der Waals surface area contributed by atoms with Gasteiger partial charge in [-0.15, -0.1) is 11.3 Å². The van der Waals surface area contributed by atoms with Crippen molar-refractivity contribution in [1.82, 2.24) is 9.80 Å². The Morgan fingerprint density at radius 3 is 2.29 bits per heavy atom. The molecule has 2 aromatic carbocycles. The summed E-state index contributed by atoms with van der Waals surface area (Å²) in [6.07, 6.45) is 1.25. The zero-order valence-corrected chi connectivity index (χ0v) is 23.9. The number of carbonyl (C=O) groups excluding carboxylic acids is 2. The molecule has 0 atom stereocenters. The van der Waals surface area contributed by atoms with Crippen LogP contribution in [0.3, 0.4) is 0 Å². The van der Waals surface area contributed by atoms with Gasteiger partial charge in [-0.25, -0.2) is 0 Å². The number of rotatable bonds is 14. The highest BCUT2D eigenvalue weighted by atomic mass is 35.5. The van der Waals surface area contributed by atoms with Crippen LogP contribution in [0.2, 0.25) is 5.02 Å². The van der Waals surface area contributed by atoms with Gasteiger partial charge in [-0.05, 0) is 78.7 Å². The molecular weight excluding hydrogens is 524 g/mol. The summed E-state index contributed by atoms with van der Waals surface area (Å²) in [5, 5.41) is 2.58. The number of methoxy groups -OCH3 is 3. The Labute approximate surface area is 233 Å². The number of aryl methyl sites for hydroxylation is 1. The van der Waals surface area contributed by atoms with Crippen LogP contribution in [0, 0.1) is 6.92 Å². The zero-order valence-electron chi connectivity index (χ0n) is 22.4. The number of ether oxygens (including phenoxy) is 3. The number of thiophene rings is 1. The molecule has 1 heterocycles. The largest absolute Gasteiger partial charge is 0.493 e. The predicted octanol–water partition coefficient (Wildman–Crippen LogP) is 5.48. The first kappa shape index (κ1) is 29.5. The van der Waals surface area contributed by atoms with Crippen LogP contribution >= 0.6 is 22.9 Å². The minimum Gasteiger partial charge on any atom is -0.493 e. The molecule has 9 heteroatoms. The maximum atomic E-state index is 13.7. The second-order valence-corrected chi connectivity index (χ2v) is 10.3. The Balaban J connectivity index is 1.80. The number of hydrogen-bond donors (Lipinski definition) is 0. The van der Waals surface area contributed by atoms with Gasteiger partial charge < -0.3 is 24.0 Å². The molecule has 7 nitrogen and oxygen atoms in total. The summed E-state index contributed by atoms with van der Waals surface area (Å²) in [6.45, 7) is 3.90. The number of nitrogens with zero attached hydrogens (tertiary/aromatic N) is 2. The van der Waals surface area contributed by atoms with Crippen molar-refractivity contribution in [3.8, 4) is 11.5 Å². The maximum absolute atomic E-state index is 13.7. The Morgan fingerprint density at radius 2 is 1.66 bits per heavy atom. The van der Waals surface area contributed by atoms with Crippen molar-refractivity contribution >= 4 is 34.8 Å². The van der Waals surface area contributed by atoms with Crippen LogP contribution in [-0.4, -0.2) is 69.2 Å². The molecule has 0 aliphatic heterocycles. The molecule has 38 heavy (non-hydrogen) atoms.